The largest absolute Gasteiger partial charge is 0.276 e. The van der Waals surface area contributed by atoms with Crippen molar-refractivity contribution in [3.63, 3.8) is 0 Å². The molecular formula is C16H8Cl2N2O. The van der Waals surface area contributed by atoms with Crippen LogP contribution in [0.3, 0.4) is 0 Å². The van der Waals surface area contributed by atoms with E-state index in [1.54, 1.807) is 30.3 Å². The molecule has 0 saturated heterocycles. The fraction of sp³-hybridized carbons (Fsp3) is 0. The highest BCUT2D eigenvalue weighted by Gasteiger charge is 2.16. The zero-order chi connectivity index (χ0) is 15.0. The van der Waals surface area contributed by atoms with Crippen molar-refractivity contribution in [3.8, 4) is 11.8 Å². The van der Waals surface area contributed by atoms with Crippen LogP contribution in [-0.4, -0.2) is 4.57 Å². The maximum atomic E-state index is 12.6. The number of halogens is 2. The smallest absolute Gasteiger partial charge is 0.275 e. The Bertz CT molecular complexity index is 940. The molecule has 0 amide bonds. The Morgan fingerprint density at radius 2 is 1.76 bits per heavy atom. The van der Waals surface area contributed by atoms with E-state index in [4.69, 9.17) is 23.2 Å². The lowest BCUT2D eigenvalue weighted by Crippen LogP contribution is -2.22. The molecule has 0 N–H and O–H groups in total. The molecule has 0 aliphatic heterocycles. The SMILES string of the molecule is N#Cc1c(Cl)c2ccc(Cl)cc2n(-c2ccccc2)c1=O. The number of aromatic nitrogens is 1. The monoisotopic (exact) mass is 314 g/mol. The molecule has 0 spiro atoms. The van der Waals surface area contributed by atoms with Crippen molar-refractivity contribution >= 4 is 34.1 Å². The summed E-state index contributed by atoms with van der Waals surface area (Å²) in [6.45, 7) is 0. The van der Waals surface area contributed by atoms with Gasteiger partial charge in [0.1, 0.15) is 11.6 Å². The van der Waals surface area contributed by atoms with E-state index in [0.717, 1.165) is 0 Å². The molecule has 102 valence electrons. The van der Waals surface area contributed by atoms with Crippen molar-refractivity contribution in [3.05, 3.63) is 74.5 Å². The summed E-state index contributed by atoms with van der Waals surface area (Å²) in [5.74, 6) is 0. The first kappa shape index (κ1) is 13.7. The fourth-order valence-electron chi connectivity index (χ4n) is 2.26. The Morgan fingerprint density at radius 1 is 1.05 bits per heavy atom. The minimum Gasteiger partial charge on any atom is -0.276 e. The molecule has 0 bridgehead atoms. The van der Waals surface area contributed by atoms with Gasteiger partial charge in [0.15, 0.2) is 0 Å². The Morgan fingerprint density at radius 3 is 2.43 bits per heavy atom. The van der Waals surface area contributed by atoms with Gasteiger partial charge < -0.3 is 0 Å². The third-order valence-corrected chi connectivity index (χ3v) is 3.83. The summed E-state index contributed by atoms with van der Waals surface area (Å²) in [6.07, 6.45) is 0. The van der Waals surface area contributed by atoms with Gasteiger partial charge in [0.2, 0.25) is 0 Å². The van der Waals surface area contributed by atoms with Crippen molar-refractivity contribution in [2.24, 2.45) is 0 Å². The lowest BCUT2D eigenvalue weighted by atomic mass is 10.1. The Balaban J connectivity index is 2.57. The highest BCUT2D eigenvalue weighted by molar-refractivity contribution is 6.37. The van der Waals surface area contributed by atoms with Crippen LogP contribution in [0, 0.1) is 11.3 Å². The normalized spacial score (nSPS) is 10.5. The molecule has 0 fully saturated rings. The summed E-state index contributed by atoms with van der Waals surface area (Å²) >= 11 is 12.2. The predicted octanol–water partition coefficient (Wildman–Crippen LogP) is 4.17. The van der Waals surface area contributed by atoms with E-state index in [0.29, 0.717) is 21.6 Å². The van der Waals surface area contributed by atoms with Gasteiger partial charge in [-0.25, -0.2) is 0 Å². The Labute approximate surface area is 130 Å². The van der Waals surface area contributed by atoms with Crippen LogP contribution in [0.15, 0.2) is 53.3 Å². The van der Waals surface area contributed by atoms with E-state index >= 15 is 0 Å². The van der Waals surface area contributed by atoms with Crippen molar-refractivity contribution in [1.29, 1.82) is 5.26 Å². The van der Waals surface area contributed by atoms with Gasteiger partial charge in [0, 0.05) is 16.1 Å². The Hall–Kier alpha value is -2.28. The van der Waals surface area contributed by atoms with Crippen molar-refractivity contribution < 1.29 is 0 Å². The van der Waals surface area contributed by atoms with E-state index in [1.807, 2.05) is 24.3 Å². The molecule has 2 aromatic carbocycles. The topological polar surface area (TPSA) is 45.8 Å². The van der Waals surface area contributed by atoms with Gasteiger partial charge in [-0.1, -0.05) is 41.4 Å². The standard InChI is InChI=1S/C16H8Cl2N2O/c17-10-6-7-12-14(8-10)20(11-4-2-1-3-5-11)16(21)13(9-19)15(12)18/h1-8H. The third-order valence-electron chi connectivity index (χ3n) is 3.20. The average molecular weight is 315 g/mol. The van der Waals surface area contributed by atoms with Crippen LogP contribution >= 0.6 is 23.2 Å². The second-order valence-corrected chi connectivity index (χ2v) is 5.25. The zero-order valence-electron chi connectivity index (χ0n) is 10.7. The lowest BCUT2D eigenvalue weighted by molar-refractivity contribution is 1.03. The van der Waals surface area contributed by atoms with E-state index in [-0.39, 0.29) is 10.6 Å². The minimum absolute atomic E-state index is 0.0738. The molecule has 21 heavy (non-hydrogen) atoms. The van der Waals surface area contributed by atoms with Gasteiger partial charge in [-0.05, 0) is 30.3 Å². The summed E-state index contributed by atoms with van der Waals surface area (Å²) in [6, 6.07) is 16.0. The first-order valence-corrected chi connectivity index (χ1v) is 6.88. The van der Waals surface area contributed by atoms with E-state index in [9.17, 15) is 10.1 Å². The van der Waals surface area contributed by atoms with E-state index in [2.05, 4.69) is 0 Å². The molecule has 3 aromatic rings. The Kier molecular flexibility index (Phi) is 3.42. The maximum absolute atomic E-state index is 12.6. The third kappa shape index (κ3) is 2.19. The van der Waals surface area contributed by atoms with Gasteiger partial charge in [-0.2, -0.15) is 5.26 Å². The van der Waals surface area contributed by atoms with Gasteiger partial charge in [-0.3, -0.25) is 9.36 Å². The van der Waals surface area contributed by atoms with Gasteiger partial charge in [0.05, 0.1) is 10.5 Å². The number of rotatable bonds is 1. The molecule has 0 saturated carbocycles. The molecule has 3 nitrogen and oxygen atoms in total. The zero-order valence-corrected chi connectivity index (χ0v) is 12.2. The number of hydrogen-bond acceptors (Lipinski definition) is 2. The molecule has 0 radical (unpaired) electrons. The second-order valence-electron chi connectivity index (χ2n) is 4.44. The second kappa shape index (κ2) is 5.25. The number of benzene rings is 2. The van der Waals surface area contributed by atoms with E-state index in [1.165, 1.54) is 4.57 Å². The first-order chi connectivity index (χ1) is 10.1. The van der Waals surface area contributed by atoms with Crippen LogP contribution in [0.4, 0.5) is 0 Å². The number of pyridine rings is 1. The molecular weight excluding hydrogens is 307 g/mol. The number of fused-ring (bicyclic) bond motifs is 1. The van der Waals surface area contributed by atoms with Gasteiger partial charge >= 0.3 is 0 Å². The highest BCUT2D eigenvalue weighted by Crippen LogP contribution is 2.28. The summed E-state index contributed by atoms with van der Waals surface area (Å²) in [5, 5.41) is 10.5. The fourth-order valence-corrected chi connectivity index (χ4v) is 2.70. The van der Waals surface area contributed by atoms with E-state index < -0.39 is 5.56 Å². The van der Waals surface area contributed by atoms with Crippen molar-refractivity contribution in [1.82, 2.24) is 4.57 Å². The molecule has 1 heterocycles. The van der Waals surface area contributed by atoms with Gasteiger partial charge in [-0.15, -0.1) is 0 Å². The van der Waals surface area contributed by atoms with Crippen LogP contribution in [0.5, 0.6) is 0 Å². The molecule has 5 heteroatoms. The van der Waals surface area contributed by atoms with Crippen LogP contribution < -0.4 is 5.56 Å². The predicted molar refractivity (Wildman–Crippen MR) is 84.3 cm³/mol. The maximum Gasteiger partial charge on any atom is 0.275 e. The molecule has 0 aliphatic carbocycles. The quantitative estimate of drug-likeness (QED) is 0.676. The summed E-state index contributed by atoms with van der Waals surface area (Å²) in [5.41, 5.74) is 0.699. The molecule has 0 atom stereocenters. The molecule has 0 unspecified atom stereocenters. The minimum atomic E-state index is -0.455. The van der Waals surface area contributed by atoms with Crippen molar-refractivity contribution in [2.75, 3.05) is 0 Å². The lowest BCUT2D eigenvalue weighted by Gasteiger charge is -2.13. The van der Waals surface area contributed by atoms with Crippen LogP contribution in [0.2, 0.25) is 10.0 Å². The first-order valence-electron chi connectivity index (χ1n) is 6.13. The molecule has 1 aromatic heterocycles. The number of hydrogen-bond donors (Lipinski definition) is 0. The number of nitriles is 1. The highest BCUT2D eigenvalue weighted by atomic mass is 35.5. The number of nitrogens with zero attached hydrogens (tertiary/aromatic N) is 2. The molecule has 3 rings (SSSR count). The average Bonchev–Trinajstić information content (AvgIpc) is 2.48. The summed E-state index contributed by atoms with van der Waals surface area (Å²) < 4.78 is 1.45. The summed E-state index contributed by atoms with van der Waals surface area (Å²) in [7, 11) is 0. The number of para-hydroxylation sites is 1. The van der Waals surface area contributed by atoms with Crippen LogP contribution in [0.1, 0.15) is 5.56 Å². The molecule has 0 aliphatic rings. The van der Waals surface area contributed by atoms with Crippen LogP contribution in [0.25, 0.3) is 16.6 Å². The van der Waals surface area contributed by atoms with Crippen molar-refractivity contribution in [2.45, 2.75) is 0 Å². The van der Waals surface area contributed by atoms with Crippen LogP contribution in [-0.2, 0) is 0 Å². The van der Waals surface area contributed by atoms with Gasteiger partial charge in [0.25, 0.3) is 5.56 Å². The summed E-state index contributed by atoms with van der Waals surface area (Å²) in [4.78, 5) is 12.6.